The standard InChI is InChI=1S/C13H22N2O3/c1-9-10(7-14(5)6)11(16)8-15(9)12(17)18-13(2,3)4/h7,9H,8H2,1-6H3/b10-7-. The van der Waals surface area contributed by atoms with Gasteiger partial charge in [-0.3, -0.25) is 9.69 Å². The van der Waals surface area contributed by atoms with Gasteiger partial charge in [0.25, 0.3) is 0 Å². The van der Waals surface area contributed by atoms with Crippen molar-refractivity contribution in [2.45, 2.75) is 39.3 Å². The van der Waals surface area contributed by atoms with Gasteiger partial charge >= 0.3 is 6.09 Å². The Kier molecular flexibility index (Phi) is 4.04. The Bertz CT molecular complexity index is 380. The Hall–Kier alpha value is -1.52. The highest BCUT2D eigenvalue weighted by Gasteiger charge is 2.38. The highest BCUT2D eigenvalue weighted by molar-refractivity contribution is 6.02. The topological polar surface area (TPSA) is 49.9 Å². The molecule has 1 heterocycles. The lowest BCUT2D eigenvalue weighted by Gasteiger charge is -2.26. The number of nitrogens with zero attached hydrogens (tertiary/aromatic N) is 2. The molecule has 1 unspecified atom stereocenters. The lowest BCUT2D eigenvalue weighted by atomic mass is 10.1. The molecule has 0 spiro atoms. The molecule has 0 aliphatic carbocycles. The van der Waals surface area contributed by atoms with E-state index in [9.17, 15) is 9.59 Å². The van der Waals surface area contributed by atoms with E-state index in [-0.39, 0.29) is 18.4 Å². The molecule has 0 aromatic rings. The number of carbonyl (C=O) groups excluding carboxylic acids is 2. The van der Waals surface area contributed by atoms with Gasteiger partial charge in [0.15, 0.2) is 5.78 Å². The van der Waals surface area contributed by atoms with E-state index in [1.807, 2.05) is 46.7 Å². The van der Waals surface area contributed by atoms with E-state index in [0.717, 1.165) is 0 Å². The molecule has 1 aliphatic heterocycles. The third-order valence-electron chi connectivity index (χ3n) is 2.58. The van der Waals surface area contributed by atoms with Crippen LogP contribution in [0.4, 0.5) is 4.79 Å². The lowest BCUT2D eigenvalue weighted by Crippen LogP contribution is -2.39. The number of Topliss-reactive ketones (excluding diaryl/α,β-unsaturated/α-hetero) is 1. The summed E-state index contributed by atoms with van der Waals surface area (Å²) in [5.74, 6) is -0.0259. The zero-order valence-electron chi connectivity index (χ0n) is 12.0. The predicted octanol–water partition coefficient (Wildman–Crippen LogP) is 1.64. The second-order valence-electron chi connectivity index (χ2n) is 5.76. The first-order valence-electron chi connectivity index (χ1n) is 6.03. The van der Waals surface area contributed by atoms with Gasteiger partial charge in [0.1, 0.15) is 5.60 Å². The normalized spacial score (nSPS) is 22.6. The summed E-state index contributed by atoms with van der Waals surface area (Å²) in [6.45, 7) is 7.36. The maximum absolute atomic E-state index is 12.0. The third-order valence-corrected chi connectivity index (χ3v) is 2.58. The van der Waals surface area contributed by atoms with E-state index in [1.165, 1.54) is 4.90 Å². The van der Waals surface area contributed by atoms with Crippen molar-refractivity contribution < 1.29 is 14.3 Å². The van der Waals surface area contributed by atoms with Crippen LogP contribution in [-0.4, -0.2) is 54.0 Å². The Balaban J connectivity index is 2.83. The molecule has 1 saturated heterocycles. The molecular weight excluding hydrogens is 232 g/mol. The first-order valence-corrected chi connectivity index (χ1v) is 6.03. The van der Waals surface area contributed by atoms with Gasteiger partial charge < -0.3 is 9.64 Å². The summed E-state index contributed by atoms with van der Waals surface area (Å²) in [4.78, 5) is 27.1. The highest BCUT2D eigenvalue weighted by atomic mass is 16.6. The molecule has 18 heavy (non-hydrogen) atoms. The van der Waals surface area contributed by atoms with Crippen LogP contribution in [0.5, 0.6) is 0 Å². The van der Waals surface area contributed by atoms with Gasteiger partial charge in [-0.1, -0.05) is 0 Å². The van der Waals surface area contributed by atoms with Crippen LogP contribution in [-0.2, 0) is 9.53 Å². The summed E-state index contributed by atoms with van der Waals surface area (Å²) in [6.07, 6.45) is 1.32. The summed E-state index contributed by atoms with van der Waals surface area (Å²) in [7, 11) is 3.70. The quantitative estimate of drug-likeness (QED) is 0.667. The van der Waals surface area contributed by atoms with Crippen LogP contribution in [0.1, 0.15) is 27.7 Å². The summed E-state index contributed by atoms with van der Waals surface area (Å²) in [5, 5.41) is 0. The Morgan fingerprint density at radius 3 is 2.44 bits per heavy atom. The molecule has 5 nitrogen and oxygen atoms in total. The van der Waals surface area contributed by atoms with Crippen molar-refractivity contribution in [3.05, 3.63) is 11.8 Å². The predicted molar refractivity (Wildman–Crippen MR) is 69.2 cm³/mol. The first kappa shape index (κ1) is 14.5. The number of ketones is 1. The minimum Gasteiger partial charge on any atom is -0.444 e. The van der Waals surface area contributed by atoms with Crippen molar-refractivity contribution in [3.63, 3.8) is 0 Å². The van der Waals surface area contributed by atoms with Crippen LogP contribution in [0.3, 0.4) is 0 Å². The molecule has 0 N–H and O–H groups in total. The summed E-state index contributed by atoms with van der Waals surface area (Å²) in [6, 6.07) is -0.241. The van der Waals surface area contributed by atoms with E-state index in [4.69, 9.17) is 4.74 Å². The van der Waals surface area contributed by atoms with Crippen LogP contribution in [0.15, 0.2) is 11.8 Å². The molecule has 0 aromatic heterocycles. The zero-order valence-corrected chi connectivity index (χ0v) is 12.0. The van der Waals surface area contributed by atoms with Gasteiger partial charge in [0.05, 0.1) is 12.6 Å². The van der Waals surface area contributed by atoms with Gasteiger partial charge in [-0.15, -0.1) is 0 Å². The average molecular weight is 254 g/mol. The van der Waals surface area contributed by atoms with Crippen LogP contribution in [0, 0.1) is 0 Å². The summed E-state index contributed by atoms with van der Waals surface area (Å²) in [5.41, 5.74) is 0.0966. The molecule has 1 amide bonds. The van der Waals surface area contributed by atoms with Gasteiger partial charge in [-0.2, -0.15) is 0 Å². The molecule has 5 heteroatoms. The number of carbonyl (C=O) groups is 2. The maximum Gasteiger partial charge on any atom is 0.411 e. The molecule has 1 atom stereocenters. The van der Waals surface area contributed by atoms with Gasteiger partial charge in [-0.25, -0.2) is 4.79 Å². The second-order valence-corrected chi connectivity index (χ2v) is 5.76. The number of hydrogen-bond donors (Lipinski definition) is 0. The zero-order chi connectivity index (χ0) is 14.1. The Labute approximate surface area is 108 Å². The SMILES string of the molecule is CC1/C(=C/N(C)C)C(=O)CN1C(=O)OC(C)(C)C. The van der Waals surface area contributed by atoms with E-state index in [1.54, 1.807) is 6.20 Å². The van der Waals surface area contributed by atoms with Crippen molar-refractivity contribution in [3.8, 4) is 0 Å². The minimum atomic E-state index is -0.548. The molecule has 0 saturated carbocycles. The molecule has 1 fully saturated rings. The minimum absolute atomic E-state index is 0.0259. The number of rotatable bonds is 1. The first-order chi connectivity index (χ1) is 8.11. The van der Waals surface area contributed by atoms with E-state index < -0.39 is 11.7 Å². The van der Waals surface area contributed by atoms with Gasteiger partial charge in [-0.05, 0) is 27.7 Å². The van der Waals surface area contributed by atoms with Crippen LogP contribution >= 0.6 is 0 Å². The summed E-state index contributed by atoms with van der Waals surface area (Å²) >= 11 is 0. The fraction of sp³-hybridized carbons (Fsp3) is 0.692. The third kappa shape index (κ3) is 3.48. The monoisotopic (exact) mass is 254 g/mol. The van der Waals surface area contributed by atoms with Crippen LogP contribution < -0.4 is 0 Å². The van der Waals surface area contributed by atoms with Gasteiger partial charge in [0, 0.05) is 25.9 Å². The number of hydrogen-bond acceptors (Lipinski definition) is 4. The fourth-order valence-corrected chi connectivity index (χ4v) is 1.79. The maximum atomic E-state index is 12.0. The number of ether oxygens (including phenoxy) is 1. The molecule has 0 bridgehead atoms. The van der Waals surface area contributed by atoms with Crippen molar-refractivity contribution in [1.29, 1.82) is 0 Å². The highest BCUT2D eigenvalue weighted by Crippen LogP contribution is 2.23. The van der Waals surface area contributed by atoms with Crippen molar-refractivity contribution >= 4 is 11.9 Å². The van der Waals surface area contributed by atoms with E-state index in [0.29, 0.717) is 5.57 Å². The number of likely N-dealkylation sites (tertiary alicyclic amines) is 1. The average Bonchev–Trinajstić information content (AvgIpc) is 2.42. The summed E-state index contributed by atoms with van der Waals surface area (Å²) < 4.78 is 5.29. The second kappa shape index (κ2) is 5.00. The van der Waals surface area contributed by atoms with Crippen LogP contribution in [0.25, 0.3) is 0 Å². The van der Waals surface area contributed by atoms with Crippen molar-refractivity contribution in [1.82, 2.24) is 9.80 Å². The molecule has 1 rings (SSSR count). The van der Waals surface area contributed by atoms with Gasteiger partial charge in [0.2, 0.25) is 0 Å². The lowest BCUT2D eigenvalue weighted by molar-refractivity contribution is -0.114. The molecule has 0 aromatic carbocycles. The molecule has 0 radical (unpaired) electrons. The smallest absolute Gasteiger partial charge is 0.411 e. The Morgan fingerprint density at radius 2 is 2.00 bits per heavy atom. The van der Waals surface area contributed by atoms with Crippen LogP contribution in [0.2, 0.25) is 0 Å². The number of amides is 1. The molecular formula is C13H22N2O3. The van der Waals surface area contributed by atoms with Crippen molar-refractivity contribution in [2.24, 2.45) is 0 Å². The van der Waals surface area contributed by atoms with Crippen molar-refractivity contribution in [2.75, 3.05) is 20.6 Å². The molecule has 1 aliphatic rings. The Morgan fingerprint density at radius 1 is 1.44 bits per heavy atom. The molecule has 102 valence electrons. The van der Waals surface area contributed by atoms with E-state index >= 15 is 0 Å². The fourth-order valence-electron chi connectivity index (χ4n) is 1.79. The largest absolute Gasteiger partial charge is 0.444 e. The van der Waals surface area contributed by atoms with E-state index in [2.05, 4.69) is 0 Å².